The number of fused-ring (bicyclic) bond motifs is 1. The Morgan fingerprint density at radius 3 is 2.71 bits per heavy atom. The van der Waals surface area contributed by atoms with Gasteiger partial charge < -0.3 is 24.9 Å². The molecular weight excluding hydrogens is 479 g/mol. The summed E-state index contributed by atoms with van der Waals surface area (Å²) in [6.45, 7) is 0. The van der Waals surface area contributed by atoms with Crippen LogP contribution in [0.15, 0.2) is 41.8 Å². The maximum absolute atomic E-state index is 12.7. The summed E-state index contributed by atoms with van der Waals surface area (Å²) in [4.78, 5) is 29.7. The summed E-state index contributed by atoms with van der Waals surface area (Å²) < 4.78 is 9.16. The van der Waals surface area contributed by atoms with Gasteiger partial charge in [0.05, 0.1) is 6.20 Å². The van der Waals surface area contributed by atoms with E-state index in [0.717, 1.165) is 18.4 Å². The van der Waals surface area contributed by atoms with Crippen LogP contribution in [0.3, 0.4) is 0 Å². The highest BCUT2D eigenvalue weighted by atomic mass is 35.5. The molecule has 0 aromatic carbocycles. The van der Waals surface area contributed by atoms with Crippen LogP contribution in [0, 0.1) is 0 Å². The van der Waals surface area contributed by atoms with E-state index in [1.165, 1.54) is 24.8 Å². The molecule has 0 unspecified atom stereocenters. The molecule has 1 aliphatic carbocycles. The number of nitrogens with two attached hydrogens (primary N) is 1. The number of nitrogens with one attached hydrogen (secondary N) is 1. The first kappa shape index (κ1) is 22.2. The molecule has 0 atom stereocenters. The summed E-state index contributed by atoms with van der Waals surface area (Å²) in [7, 11) is 3.51. The van der Waals surface area contributed by atoms with Gasteiger partial charge in [-0.1, -0.05) is 23.2 Å². The maximum Gasteiger partial charge on any atom is 0.274 e. The summed E-state index contributed by atoms with van der Waals surface area (Å²) in [6.07, 6.45) is 9.72. The van der Waals surface area contributed by atoms with E-state index in [2.05, 4.69) is 25.3 Å². The average molecular weight is 499 g/mol. The van der Waals surface area contributed by atoms with Gasteiger partial charge in [-0.05, 0) is 30.4 Å². The third-order valence-electron chi connectivity index (χ3n) is 5.56. The molecule has 0 aliphatic heterocycles. The first-order valence-corrected chi connectivity index (χ1v) is 11.2. The topological polar surface area (TPSA) is 126 Å². The lowest BCUT2D eigenvalue weighted by Gasteiger charge is -2.12. The summed E-state index contributed by atoms with van der Waals surface area (Å²) in [6, 6.07) is 1.88. The molecule has 0 saturated heterocycles. The van der Waals surface area contributed by atoms with E-state index in [1.807, 2.05) is 12.3 Å². The standard InChI is InChI=1S/C22H20Cl2N8O2/c1-31-10-12(11-3-4-11)7-13(21(31)33)29-22-30-20-18(32(22)2)16(23)15(9-28-20)34-14(8-25)17-19(24)27-6-5-26-17/h5-11H,3-4,25H2,1-2H3,(H,28,29,30). The second-order valence-electron chi connectivity index (χ2n) is 7.93. The Labute approximate surface area is 204 Å². The van der Waals surface area contributed by atoms with Gasteiger partial charge in [0.25, 0.3) is 5.56 Å². The van der Waals surface area contributed by atoms with Gasteiger partial charge in [0, 0.05) is 38.9 Å². The van der Waals surface area contributed by atoms with E-state index in [9.17, 15) is 4.79 Å². The van der Waals surface area contributed by atoms with Gasteiger partial charge in [0.1, 0.15) is 21.9 Å². The molecule has 10 nitrogen and oxygen atoms in total. The number of imidazole rings is 1. The summed E-state index contributed by atoms with van der Waals surface area (Å²) in [5.74, 6) is 1.31. The van der Waals surface area contributed by atoms with Gasteiger partial charge in [-0.3, -0.25) is 4.79 Å². The monoisotopic (exact) mass is 498 g/mol. The SMILES string of the molecule is Cn1cc(C2CC2)cc(Nc2nc3ncc(OC(=CN)c4nccnc4Cl)c(Cl)c3n2C)c1=O. The molecule has 4 aromatic rings. The van der Waals surface area contributed by atoms with Crippen molar-refractivity contribution < 1.29 is 4.74 Å². The van der Waals surface area contributed by atoms with Crippen LogP contribution in [-0.2, 0) is 14.1 Å². The van der Waals surface area contributed by atoms with Gasteiger partial charge in [-0.2, -0.15) is 4.98 Å². The number of rotatable bonds is 6. The van der Waals surface area contributed by atoms with Crippen LogP contribution >= 0.6 is 23.2 Å². The normalized spacial score (nSPS) is 13.9. The molecule has 4 aromatic heterocycles. The van der Waals surface area contributed by atoms with Crippen molar-refractivity contribution in [2.45, 2.75) is 18.8 Å². The van der Waals surface area contributed by atoms with E-state index in [1.54, 1.807) is 23.2 Å². The predicted octanol–water partition coefficient (Wildman–Crippen LogP) is 3.72. The van der Waals surface area contributed by atoms with E-state index in [-0.39, 0.29) is 32.9 Å². The van der Waals surface area contributed by atoms with Gasteiger partial charge in [-0.25, -0.2) is 15.0 Å². The number of nitrogens with zero attached hydrogens (tertiary/aromatic N) is 6. The van der Waals surface area contributed by atoms with Crippen LogP contribution in [-0.4, -0.2) is 29.1 Å². The lowest BCUT2D eigenvalue weighted by molar-refractivity contribution is 0.509. The third kappa shape index (κ3) is 3.95. The molecule has 34 heavy (non-hydrogen) atoms. The van der Waals surface area contributed by atoms with Gasteiger partial charge >= 0.3 is 0 Å². The minimum atomic E-state index is -0.155. The van der Waals surface area contributed by atoms with Crippen molar-refractivity contribution in [2.24, 2.45) is 19.8 Å². The van der Waals surface area contributed by atoms with Gasteiger partial charge in [-0.15, -0.1) is 0 Å². The van der Waals surface area contributed by atoms with Crippen molar-refractivity contribution in [3.63, 3.8) is 0 Å². The number of hydrogen-bond donors (Lipinski definition) is 2. The van der Waals surface area contributed by atoms with Crippen LogP contribution < -0.4 is 21.3 Å². The second-order valence-corrected chi connectivity index (χ2v) is 8.67. The Morgan fingerprint density at radius 2 is 2.00 bits per heavy atom. The quantitative estimate of drug-likeness (QED) is 0.385. The predicted molar refractivity (Wildman–Crippen MR) is 130 cm³/mol. The van der Waals surface area contributed by atoms with Crippen LogP contribution in [0.25, 0.3) is 16.9 Å². The number of anilines is 2. The zero-order valence-electron chi connectivity index (χ0n) is 18.3. The Balaban J connectivity index is 1.51. The molecular formula is C22H20Cl2N8O2. The zero-order valence-corrected chi connectivity index (χ0v) is 19.8. The Kier molecular flexibility index (Phi) is 5.62. The summed E-state index contributed by atoms with van der Waals surface area (Å²) >= 11 is 12.8. The molecule has 0 bridgehead atoms. The molecule has 3 N–H and O–H groups in total. The van der Waals surface area contributed by atoms with E-state index >= 15 is 0 Å². The number of aryl methyl sites for hydroxylation is 2. The number of halogens is 2. The highest BCUT2D eigenvalue weighted by molar-refractivity contribution is 6.36. The molecule has 0 amide bonds. The average Bonchev–Trinajstić information content (AvgIpc) is 3.62. The first-order chi connectivity index (χ1) is 16.4. The molecule has 174 valence electrons. The Morgan fingerprint density at radius 1 is 1.24 bits per heavy atom. The van der Waals surface area contributed by atoms with E-state index < -0.39 is 0 Å². The van der Waals surface area contributed by atoms with Gasteiger partial charge in [0.15, 0.2) is 22.3 Å². The zero-order chi connectivity index (χ0) is 24.0. The Bertz CT molecular complexity index is 1510. The van der Waals surface area contributed by atoms with E-state index in [0.29, 0.717) is 28.7 Å². The lowest BCUT2D eigenvalue weighted by Crippen LogP contribution is -2.20. The molecule has 5 rings (SSSR count). The van der Waals surface area contributed by atoms with E-state index in [4.69, 9.17) is 33.7 Å². The summed E-state index contributed by atoms with van der Waals surface area (Å²) in [5, 5.41) is 3.53. The molecule has 1 fully saturated rings. The van der Waals surface area contributed by atoms with Crippen molar-refractivity contribution in [3.05, 3.63) is 68.8 Å². The fraction of sp³-hybridized carbons (Fsp3) is 0.227. The van der Waals surface area contributed by atoms with Crippen molar-refractivity contribution in [1.29, 1.82) is 0 Å². The third-order valence-corrected chi connectivity index (χ3v) is 6.20. The minimum absolute atomic E-state index is 0.131. The number of pyridine rings is 2. The fourth-order valence-electron chi connectivity index (χ4n) is 3.65. The fourth-order valence-corrected chi connectivity index (χ4v) is 4.15. The molecule has 1 aliphatic rings. The first-order valence-electron chi connectivity index (χ1n) is 10.4. The van der Waals surface area contributed by atoms with Crippen LogP contribution in [0.2, 0.25) is 10.2 Å². The summed E-state index contributed by atoms with van der Waals surface area (Å²) in [5.41, 5.74) is 8.30. The maximum atomic E-state index is 12.7. The van der Waals surface area contributed by atoms with Crippen LogP contribution in [0.1, 0.15) is 30.0 Å². The van der Waals surface area contributed by atoms with Crippen molar-refractivity contribution in [1.82, 2.24) is 29.1 Å². The molecule has 0 spiro atoms. The highest BCUT2D eigenvalue weighted by Crippen LogP contribution is 2.40. The van der Waals surface area contributed by atoms with Crippen molar-refractivity contribution in [3.8, 4) is 5.75 Å². The lowest BCUT2D eigenvalue weighted by atomic mass is 10.2. The van der Waals surface area contributed by atoms with Gasteiger partial charge in [0.2, 0.25) is 5.95 Å². The van der Waals surface area contributed by atoms with Crippen LogP contribution in [0.5, 0.6) is 5.75 Å². The molecule has 0 radical (unpaired) electrons. The molecule has 4 heterocycles. The Hall–Kier alpha value is -3.63. The number of aromatic nitrogens is 6. The molecule has 12 heteroatoms. The second kappa shape index (κ2) is 8.62. The molecule has 1 saturated carbocycles. The largest absolute Gasteiger partial charge is 0.450 e. The highest BCUT2D eigenvalue weighted by Gasteiger charge is 2.25. The number of ether oxygens (including phenoxy) is 1. The smallest absolute Gasteiger partial charge is 0.274 e. The number of hydrogen-bond acceptors (Lipinski definition) is 8. The van der Waals surface area contributed by atoms with Crippen molar-refractivity contribution in [2.75, 3.05) is 5.32 Å². The van der Waals surface area contributed by atoms with Crippen molar-refractivity contribution >= 4 is 51.8 Å². The van der Waals surface area contributed by atoms with Crippen LogP contribution in [0.4, 0.5) is 11.6 Å². The minimum Gasteiger partial charge on any atom is -0.450 e.